The lowest BCUT2D eigenvalue weighted by Gasteiger charge is -2.36. The maximum absolute atomic E-state index is 6.23. The third-order valence-corrected chi connectivity index (χ3v) is 5.13. The summed E-state index contributed by atoms with van der Waals surface area (Å²) in [5.41, 5.74) is 1.33. The van der Waals surface area contributed by atoms with Crippen LogP contribution in [-0.4, -0.2) is 11.1 Å². The summed E-state index contributed by atoms with van der Waals surface area (Å²) in [7, 11) is 0. The van der Waals surface area contributed by atoms with Crippen molar-refractivity contribution in [1.82, 2.24) is 4.98 Å². The zero-order chi connectivity index (χ0) is 16.4. The maximum Gasteiger partial charge on any atom is 0.120 e. The number of aromatic nitrogens is 1. The van der Waals surface area contributed by atoms with Crippen molar-refractivity contribution in [2.45, 2.75) is 52.6 Å². The molecule has 1 heterocycles. The summed E-state index contributed by atoms with van der Waals surface area (Å²) in [4.78, 5) is 4.38. The number of hydrogen-bond donors (Lipinski definition) is 0. The lowest BCUT2D eigenvalue weighted by molar-refractivity contribution is 0.0883. The standard InChI is InChI=1S/C21H27NO/c1-5-18-12-15-6-9-20(13-16(15)14-22-18)23-19-10-7-17(8-11-19)21(2,3)4/h5-6,9,12-14,17,19H,1,7-8,10-11H2,2-4H3/t17-,19-. The van der Waals surface area contributed by atoms with Crippen LogP contribution in [0.4, 0.5) is 0 Å². The summed E-state index contributed by atoms with van der Waals surface area (Å²) in [5.74, 6) is 1.78. The Balaban J connectivity index is 1.67. The quantitative estimate of drug-likeness (QED) is 0.708. The monoisotopic (exact) mass is 309 g/mol. The maximum atomic E-state index is 6.23. The molecule has 0 amide bonds. The molecule has 0 radical (unpaired) electrons. The van der Waals surface area contributed by atoms with Gasteiger partial charge in [0.05, 0.1) is 11.8 Å². The van der Waals surface area contributed by atoms with Gasteiger partial charge in [-0.1, -0.05) is 33.4 Å². The average Bonchev–Trinajstić information content (AvgIpc) is 2.54. The number of nitrogens with zero attached hydrogens (tertiary/aromatic N) is 1. The summed E-state index contributed by atoms with van der Waals surface area (Å²) < 4.78 is 6.23. The van der Waals surface area contributed by atoms with Gasteiger partial charge < -0.3 is 4.74 Å². The molecule has 2 nitrogen and oxygen atoms in total. The predicted octanol–water partition coefficient (Wildman–Crippen LogP) is 5.86. The summed E-state index contributed by atoms with van der Waals surface area (Å²) in [6.07, 6.45) is 8.89. The first-order valence-electron chi connectivity index (χ1n) is 8.64. The lowest BCUT2D eigenvalue weighted by atomic mass is 9.72. The molecule has 1 aromatic carbocycles. The Hall–Kier alpha value is -1.83. The molecule has 0 aliphatic heterocycles. The summed E-state index contributed by atoms with van der Waals surface area (Å²) in [6, 6.07) is 8.34. The van der Waals surface area contributed by atoms with Crippen molar-refractivity contribution in [3.8, 4) is 5.75 Å². The van der Waals surface area contributed by atoms with Crippen molar-refractivity contribution in [3.63, 3.8) is 0 Å². The molecule has 2 heteroatoms. The van der Waals surface area contributed by atoms with Crippen LogP contribution in [-0.2, 0) is 0 Å². The lowest BCUT2D eigenvalue weighted by Crippen LogP contribution is -2.30. The van der Waals surface area contributed by atoms with Crippen LogP contribution in [0.25, 0.3) is 16.8 Å². The van der Waals surface area contributed by atoms with Crippen LogP contribution in [0.1, 0.15) is 52.1 Å². The molecular formula is C21H27NO. The average molecular weight is 309 g/mol. The summed E-state index contributed by atoms with van der Waals surface area (Å²) >= 11 is 0. The molecule has 2 aromatic rings. The fraction of sp³-hybridized carbons (Fsp3) is 0.476. The van der Waals surface area contributed by atoms with Crippen molar-refractivity contribution in [2.75, 3.05) is 0 Å². The number of ether oxygens (including phenoxy) is 1. The molecule has 3 rings (SSSR count). The summed E-state index contributed by atoms with van der Waals surface area (Å²) in [6.45, 7) is 10.8. The molecule has 1 aromatic heterocycles. The number of fused-ring (bicyclic) bond motifs is 1. The molecule has 23 heavy (non-hydrogen) atoms. The van der Waals surface area contributed by atoms with Crippen molar-refractivity contribution in [2.24, 2.45) is 11.3 Å². The normalized spacial score (nSPS) is 22.0. The van der Waals surface area contributed by atoms with Gasteiger partial charge in [-0.2, -0.15) is 0 Å². The van der Waals surface area contributed by atoms with E-state index in [0.717, 1.165) is 35.6 Å². The molecule has 1 saturated carbocycles. The van der Waals surface area contributed by atoms with E-state index in [4.69, 9.17) is 4.74 Å². The fourth-order valence-corrected chi connectivity index (χ4v) is 3.56. The molecule has 122 valence electrons. The Morgan fingerprint density at radius 2 is 1.83 bits per heavy atom. The minimum atomic E-state index is 0.353. The summed E-state index contributed by atoms with van der Waals surface area (Å²) in [5, 5.41) is 2.30. The smallest absolute Gasteiger partial charge is 0.120 e. The van der Waals surface area contributed by atoms with Gasteiger partial charge in [-0.15, -0.1) is 0 Å². The molecule has 0 bridgehead atoms. The van der Waals surface area contributed by atoms with E-state index in [1.54, 1.807) is 6.08 Å². The highest BCUT2D eigenvalue weighted by molar-refractivity contribution is 5.84. The van der Waals surface area contributed by atoms with Gasteiger partial charge in [0.25, 0.3) is 0 Å². The van der Waals surface area contributed by atoms with E-state index >= 15 is 0 Å². The SMILES string of the molecule is C=Cc1cc2ccc(O[C@H]3CC[C@H](C(C)(C)C)CC3)cc2cn1. The third-order valence-electron chi connectivity index (χ3n) is 5.13. The molecule has 1 fully saturated rings. The Morgan fingerprint density at radius 1 is 1.09 bits per heavy atom. The molecule has 0 unspecified atom stereocenters. The number of rotatable bonds is 3. The van der Waals surface area contributed by atoms with Crippen LogP contribution in [0.15, 0.2) is 37.0 Å². The minimum absolute atomic E-state index is 0.353. The van der Waals surface area contributed by atoms with Crippen molar-refractivity contribution in [1.29, 1.82) is 0 Å². The largest absolute Gasteiger partial charge is 0.490 e. The van der Waals surface area contributed by atoms with Gasteiger partial charge in [0.15, 0.2) is 0 Å². The van der Waals surface area contributed by atoms with Crippen molar-refractivity contribution in [3.05, 3.63) is 42.7 Å². The Kier molecular flexibility index (Phi) is 4.43. The van der Waals surface area contributed by atoms with Crippen LogP contribution < -0.4 is 4.74 Å². The second-order valence-corrected chi connectivity index (χ2v) is 7.78. The fourth-order valence-electron chi connectivity index (χ4n) is 3.56. The molecule has 1 aliphatic carbocycles. The van der Waals surface area contributed by atoms with Crippen LogP contribution in [0.2, 0.25) is 0 Å². The molecular weight excluding hydrogens is 282 g/mol. The molecule has 0 saturated heterocycles. The van der Waals surface area contributed by atoms with Crippen LogP contribution in [0.5, 0.6) is 5.75 Å². The van der Waals surface area contributed by atoms with Gasteiger partial charge >= 0.3 is 0 Å². The molecule has 0 spiro atoms. The minimum Gasteiger partial charge on any atom is -0.490 e. The second kappa shape index (κ2) is 6.35. The topological polar surface area (TPSA) is 22.1 Å². The second-order valence-electron chi connectivity index (χ2n) is 7.78. The van der Waals surface area contributed by atoms with E-state index < -0.39 is 0 Å². The number of pyridine rings is 1. The van der Waals surface area contributed by atoms with E-state index in [0.29, 0.717) is 11.5 Å². The van der Waals surface area contributed by atoms with E-state index in [2.05, 4.69) is 56.6 Å². The van der Waals surface area contributed by atoms with Gasteiger partial charge in [-0.25, -0.2) is 0 Å². The zero-order valence-electron chi connectivity index (χ0n) is 14.5. The predicted molar refractivity (Wildman–Crippen MR) is 97.7 cm³/mol. The first kappa shape index (κ1) is 16.0. The highest BCUT2D eigenvalue weighted by Crippen LogP contribution is 2.38. The van der Waals surface area contributed by atoms with Crippen molar-refractivity contribution >= 4 is 16.8 Å². The zero-order valence-corrected chi connectivity index (χ0v) is 14.5. The Labute approximate surface area is 139 Å². The van der Waals surface area contributed by atoms with Gasteiger partial charge in [0.1, 0.15) is 5.75 Å². The van der Waals surface area contributed by atoms with Gasteiger partial charge in [0.2, 0.25) is 0 Å². The number of hydrogen-bond acceptors (Lipinski definition) is 2. The van der Waals surface area contributed by atoms with E-state index in [1.165, 1.54) is 18.2 Å². The first-order valence-corrected chi connectivity index (χ1v) is 8.64. The first-order chi connectivity index (χ1) is 11.0. The van der Waals surface area contributed by atoms with E-state index in [-0.39, 0.29) is 0 Å². The Bertz CT molecular complexity index is 691. The molecule has 1 aliphatic rings. The Morgan fingerprint density at radius 3 is 2.48 bits per heavy atom. The number of benzene rings is 1. The molecule has 0 atom stereocenters. The van der Waals surface area contributed by atoms with Gasteiger partial charge in [-0.05, 0) is 66.7 Å². The van der Waals surface area contributed by atoms with Crippen molar-refractivity contribution < 1.29 is 4.74 Å². The highest BCUT2D eigenvalue weighted by Gasteiger charge is 2.30. The van der Waals surface area contributed by atoms with E-state index in [1.807, 2.05) is 6.20 Å². The highest BCUT2D eigenvalue weighted by atomic mass is 16.5. The van der Waals surface area contributed by atoms with Crippen LogP contribution in [0, 0.1) is 11.3 Å². The third kappa shape index (κ3) is 3.74. The van der Waals surface area contributed by atoms with Gasteiger partial charge in [-0.3, -0.25) is 4.98 Å². The van der Waals surface area contributed by atoms with E-state index in [9.17, 15) is 0 Å². The van der Waals surface area contributed by atoms with Gasteiger partial charge in [0, 0.05) is 11.6 Å². The van der Waals surface area contributed by atoms with Crippen LogP contribution in [0.3, 0.4) is 0 Å². The molecule has 0 N–H and O–H groups in total. The van der Waals surface area contributed by atoms with Crippen LogP contribution >= 0.6 is 0 Å².